The molecule has 0 radical (unpaired) electrons. The molecule has 0 amide bonds. The third kappa shape index (κ3) is 15.7. The van der Waals surface area contributed by atoms with E-state index in [1.807, 2.05) is 115 Å². The second-order valence-corrected chi connectivity index (χ2v) is 15.5. The minimum atomic E-state index is 0.111. The number of ether oxygens (including phenoxy) is 4. The summed E-state index contributed by atoms with van der Waals surface area (Å²) < 4.78 is 23.7. The third-order valence-corrected chi connectivity index (χ3v) is 10.7. The maximum atomic E-state index is 10.5. The molecule has 0 atom stereocenters. The van der Waals surface area contributed by atoms with E-state index < -0.39 is 0 Å². The van der Waals surface area contributed by atoms with Crippen molar-refractivity contribution in [1.82, 2.24) is 0 Å². The molecule has 0 saturated carbocycles. The van der Waals surface area contributed by atoms with Gasteiger partial charge in [0.2, 0.25) is 0 Å². The van der Waals surface area contributed by atoms with Gasteiger partial charge in [-0.3, -0.25) is 4.99 Å². The summed E-state index contributed by atoms with van der Waals surface area (Å²) in [6.45, 7) is 2.67. The van der Waals surface area contributed by atoms with Crippen LogP contribution in [0.5, 0.6) is 28.7 Å². The molecular weight excluding hydrogens is 783 g/mol. The minimum Gasteiger partial charge on any atom is -0.504 e. The zero-order valence-corrected chi connectivity index (χ0v) is 36.1. The number of aromatic hydroxyl groups is 1. The first-order valence-electron chi connectivity index (χ1n) is 22.3. The summed E-state index contributed by atoms with van der Waals surface area (Å²) in [5.74, 6) is 3.19. The van der Waals surface area contributed by atoms with Crippen LogP contribution in [0, 0.1) is 22.7 Å². The lowest BCUT2D eigenvalue weighted by atomic mass is 10.0. The fourth-order valence-corrected chi connectivity index (χ4v) is 7.05. The number of unbranched alkanes of at least 4 members (excludes halogenated alkanes) is 10. The van der Waals surface area contributed by atoms with Crippen molar-refractivity contribution in [2.24, 2.45) is 4.99 Å². The summed E-state index contributed by atoms with van der Waals surface area (Å²) in [6.07, 6.45) is 14.9. The maximum Gasteiger partial charge on any atom is 0.160 e. The first kappa shape index (κ1) is 45.5. The predicted molar refractivity (Wildman–Crippen MR) is 252 cm³/mol. The van der Waals surface area contributed by atoms with Crippen LogP contribution < -0.4 is 18.9 Å². The number of nitriles is 2. The molecule has 0 aliphatic carbocycles. The van der Waals surface area contributed by atoms with Gasteiger partial charge in [0.25, 0.3) is 0 Å². The molecule has 0 heterocycles. The fourth-order valence-electron chi connectivity index (χ4n) is 7.05. The van der Waals surface area contributed by atoms with Crippen molar-refractivity contribution in [1.29, 1.82) is 10.5 Å². The number of hydrogen-bond acceptors (Lipinski definition) is 8. The van der Waals surface area contributed by atoms with E-state index in [1.165, 1.54) is 12.8 Å². The highest BCUT2D eigenvalue weighted by atomic mass is 16.5. The van der Waals surface area contributed by atoms with Crippen LogP contribution in [0.1, 0.15) is 93.7 Å². The van der Waals surface area contributed by atoms with E-state index >= 15 is 0 Å². The quantitative estimate of drug-likeness (QED) is 0.0427. The second-order valence-electron chi connectivity index (χ2n) is 15.5. The van der Waals surface area contributed by atoms with Gasteiger partial charge in [-0.05, 0) is 144 Å². The number of phenolic OH excluding ortho intramolecular Hbond substituents is 1. The predicted octanol–water partition coefficient (Wildman–Crippen LogP) is 13.8. The summed E-state index contributed by atoms with van der Waals surface area (Å²) in [5.41, 5.74) is 7.31. The molecule has 0 aliphatic rings. The molecular formula is C55H57N3O5. The van der Waals surface area contributed by atoms with Gasteiger partial charge < -0.3 is 24.1 Å². The van der Waals surface area contributed by atoms with E-state index in [4.69, 9.17) is 29.5 Å². The number of benzene rings is 6. The van der Waals surface area contributed by atoms with Crippen molar-refractivity contribution >= 4 is 11.9 Å². The average molecular weight is 840 g/mol. The summed E-state index contributed by atoms with van der Waals surface area (Å²) in [4.78, 5) is 4.57. The Kier molecular flexibility index (Phi) is 18.5. The molecule has 8 heteroatoms. The van der Waals surface area contributed by atoms with Crippen LogP contribution in [0.4, 0.5) is 5.69 Å². The van der Waals surface area contributed by atoms with Crippen LogP contribution >= 0.6 is 0 Å². The van der Waals surface area contributed by atoms with Crippen LogP contribution in [-0.2, 0) is 0 Å². The first-order valence-corrected chi connectivity index (χ1v) is 22.3. The van der Waals surface area contributed by atoms with Gasteiger partial charge in [-0.25, -0.2) is 0 Å². The van der Waals surface area contributed by atoms with Gasteiger partial charge in [-0.1, -0.05) is 99.9 Å². The highest BCUT2D eigenvalue weighted by Crippen LogP contribution is 2.28. The Morgan fingerprint density at radius 2 is 0.762 bits per heavy atom. The third-order valence-electron chi connectivity index (χ3n) is 10.7. The zero-order valence-electron chi connectivity index (χ0n) is 36.1. The Morgan fingerprint density at radius 3 is 1.14 bits per heavy atom. The lowest BCUT2D eigenvalue weighted by Gasteiger charge is -2.09. The summed E-state index contributed by atoms with van der Waals surface area (Å²) in [7, 11) is 0. The SMILES string of the molecule is N#Cc1ccc(-c2ccc(OCCCCCCCCOc3ccc(N=Cc4ccc(OCCCCCCCCOc5ccc(-c6ccc(C#N)cc6)cc5)c(O)c4)cc3)cc2)cc1. The van der Waals surface area contributed by atoms with Gasteiger partial charge in [0.05, 0.1) is 55.4 Å². The largest absolute Gasteiger partial charge is 0.504 e. The van der Waals surface area contributed by atoms with Gasteiger partial charge in [0.1, 0.15) is 17.2 Å². The molecule has 0 aliphatic heterocycles. The molecule has 6 rings (SSSR count). The van der Waals surface area contributed by atoms with Crippen molar-refractivity contribution in [2.75, 3.05) is 26.4 Å². The summed E-state index contributed by atoms with van der Waals surface area (Å²) in [6, 6.07) is 48.9. The lowest BCUT2D eigenvalue weighted by Crippen LogP contribution is -1.99. The smallest absolute Gasteiger partial charge is 0.160 e. The van der Waals surface area contributed by atoms with E-state index in [2.05, 4.69) is 29.3 Å². The Morgan fingerprint density at radius 1 is 0.413 bits per heavy atom. The standard InChI is InChI=1S/C55H57N3O5/c56-40-43-13-18-46(19-14-43)48-22-28-51(29-23-48)60-35-9-5-1-2-6-11-37-62-53-32-26-50(27-33-53)58-42-45-17-34-55(54(59)39-45)63-38-12-8-4-3-7-10-36-61-52-30-24-49(25-31-52)47-20-15-44(41-57)16-21-47/h13-34,39,42,59H,1-12,35-38H2. The van der Waals surface area contributed by atoms with Gasteiger partial charge >= 0.3 is 0 Å². The second kappa shape index (κ2) is 25.7. The number of aliphatic imine (C=N–C) groups is 1. The van der Waals surface area contributed by atoms with Crippen LogP contribution in [0.25, 0.3) is 22.3 Å². The summed E-state index contributed by atoms with van der Waals surface area (Å²) in [5, 5.41) is 28.5. The Balaban J connectivity index is 0.746. The topological polar surface area (TPSA) is 117 Å². The van der Waals surface area contributed by atoms with Gasteiger partial charge in [-0.2, -0.15) is 10.5 Å². The number of phenols is 1. The Hall–Kier alpha value is -7.03. The van der Waals surface area contributed by atoms with Gasteiger partial charge in [0.15, 0.2) is 11.5 Å². The minimum absolute atomic E-state index is 0.111. The van der Waals surface area contributed by atoms with Crippen molar-refractivity contribution in [3.05, 3.63) is 156 Å². The lowest BCUT2D eigenvalue weighted by molar-refractivity contribution is 0.286. The normalized spacial score (nSPS) is 10.9. The molecule has 6 aromatic rings. The van der Waals surface area contributed by atoms with Crippen molar-refractivity contribution in [2.45, 2.75) is 77.0 Å². The van der Waals surface area contributed by atoms with Crippen molar-refractivity contribution in [3.63, 3.8) is 0 Å². The van der Waals surface area contributed by atoms with Crippen LogP contribution in [-0.4, -0.2) is 37.7 Å². The first-order chi connectivity index (χ1) is 31.1. The monoisotopic (exact) mass is 839 g/mol. The number of hydrogen-bond donors (Lipinski definition) is 1. The zero-order chi connectivity index (χ0) is 43.7. The molecule has 1 N–H and O–H groups in total. The number of rotatable bonds is 26. The highest BCUT2D eigenvalue weighted by Gasteiger charge is 2.05. The molecule has 0 bridgehead atoms. The van der Waals surface area contributed by atoms with Crippen molar-refractivity contribution < 1.29 is 24.1 Å². The van der Waals surface area contributed by atoms with E-state index in [1.54, 1.807) is 18.3 Å². The average Bonchev–Trinajstić information content (AvgIpc) is 3.33. The van der Waals surface area contributed by atoms with Gasteiger partial charge in [-0.15, -0.1) is 0 Å². The molecule has 322 valence electrons. The fraction of sp³-hybridized carbons (Fsp3) is 0.291. The molecule has 0 unspecified atom stereocenters. The van der Waals surface area contributed by atoms with Crippen molar-refractivity contribution in [3.8, 4) is 63.1 Å². The molecule has 8 nitrogen and oxygen atoms in total. The van der Waals surface area contributed by atoms with E-state index in [-0.39, 0.29) is 5.75 Å². The molecule has 0 aromatic heterocycles. The van der Waals surface area contributed by atoms with E-state index in [0.29, 0.717) is 43.3 Å². The highest BCUT2D eigenvalue weighted by molar-refractivity contribution is 5.83. The molecule has 6 aromatic carbocycles. The van der Waals surface area contributed by atoms with Crippen LogP contribution in [0.15, 0.2) is 145 Å². The molecule has 0 fully saturated rings. The van der Waals surface area contributed by atoms with Crippen LogP contribution in [0.3, 0.4) is 0 Å². The van der Waals surface area contributed by atoms with Crippen LogP contribution in [0.2, 0.25) is 0 Å². The molecule has 0 spiro atoms. The Bertz CT molecular complexity index is 2360. The van der Waals surface area contributed by atoms with E-state index in [0.717, 1.165) is 115 Å². The van der Waals surface area contributed by atoms with E-state index in [9.17, 15) is 5.11 Å². The molecule has 0 saturated heterocycles. The summed E-state index contributed by atoms with van der Waals surface area (Å²) >= 11 is 0. The molecule has 63 heavy (non-hydrogen) atoms. The van der Waals surface area contributed by atoms with Gasteiger partial charge in [0, 0.05) is 6.21 Å². The number of nitrogens with zero attached hydrogens (tertiary/aromatic N) is 3. The maximum absolute atomic E-state index is 10.5. The Labute approximate surface area is 373 Å².